The Labute approximate surface area is 109 Å². The van der Waals surface area contributed by atoms with E-state index in [-0.39, 0.29) is 5.82 Å². The summed E-state index contributed by atoms with van der Waals surface area (Å²) >= 11 is 6.14. The van der Waals surface area contributed by atoms with Crippen LogP contribution in [0.2, 0.25) is 5.15 Å². The average Bonchev–Trinajstić information content (AvgIpc) is 2.77. The first kappa shape index (κ1) is 11.2. The summed E-state index contributed by atoms with van der Waals surface area (Å²) in [5, 5.41) is 0.580. The smallest absolute Gasteiger partial charge is 0.126 e. The highest BCUT2D eigenvalue weighted by Crippen LogP contribution is 2.18. The lowest BCUT2D eigenvalue weighted by Gasteiger charge is -2.04. The molecule has 18 heavy (non-hydrogen) atoms. The molecule has 0 N–H and O–H groups in total. The highest BCUT2D eigenvalue weighted by atomic mass is 35.5. The van der Waals surface area contributed by atoms with Crippen molar-refractivity contribution in [2.75, 3.05) is 0 Å². The van der Waals surface area contributed by atoms with E-state index in [1.54, 1.807) is 24.4 Å². The first-order valence-electron chi connectivity index (χ1n) is 5.60. The predicted molar refractivity (Wildman–Crippen MR) is 69.4 cm³/mol. The highest BCUT2D eigenvalue weighted by molar-refractivity contribution is 6.29. The van der Waals surface area contributed by atoms with Gasteiger partial charge < -0.3 is 0 Å². The van der Waals surface area contributed by atoms with Gasteiger partial charge in [-0.3, -0.25) is 4.40 Å². The van der Waals surface area contributed by atoms with Gasteiger partial charge in [-0.15, -0.1) is 0 Å². The maximum Gasteiger partial charge on any atom is 0.126 e. The van der Waals surface area contributed by atoms with Crippen LogP contribution < -0.4 is 0 Å². The van der Waals surface area contributed by atoms with Crippen molar-refractivity contribution in [3.63, 3.8) is 0 Å². The van der Waals surface area contributed by atoms with Gasteiger partial charge in [0, 0.05) is 6.42 Å². The van der Waals surface area contributed by atoms with Crippen LogP contribution in [0.4, 0.5) is 4.39 Å². The third kappa shape index (κ3) is 1.87. The van der Waals surface area contributed by atoms with E-state index in [9.17, 15) is 4.39 Å². The summed E-state index contributed by atoms with van der Waals surface area (Å²) in [5.41, 5.74) is 1.53. The number of benzene rings is 1. The van der Waals surface area contributed by atoms with E-state index in [1.165, 1.54) is 6.07 Å². The van der Waals surface area contributed by atoms with Crippen molar-refractivity contribution in [3.8, 4) is 0 Å². The zero-order valence-electron chi connectivity index (χ0n) is 9.48. The summed E-state index contributed by atoms with van der Waals surface area (Å²) in [6, 6.07) is 12.3. The summed E-state index contributed by atoms with van der Waals surface area (Å²) in [4.78, 5) is 4.30. The molecule has 3 aromatic rings. The maximum absolute atomic E-state index is 13.6. The van der Waals surface area contributed by atoms with Gasteiger partial charge in [0.2, 0.25) is 0 Å². The number of hydrogen-bond acceptors (Lipinski definition) is 1. The van der Waals surface area contributed by atoms with Crippen LogP contribution in [0.1, 0.15) is 11.4 Å². The maximum atomic E-state index is 13.6. The minimum atomic E-state index is -0.221. The van der Waals surface area contributed by atoms with Gasteiger partial charge in [0.1, 0.15) is 16.8 Å². The number of halogens is 2. The van der Waals surface area contributed by atoms with E-state index in [0.29, 0.717) is 17.1 Å². The average molecular weight is 261 g/mol. The van der Waals surface area contributed by atoms with Gasteiger partial charge in [-0.25, -0.2) is 9.37 Å². The minimum Gasteiger partial charge on any atom is -0.287 e. The van der Waals surface area contributed by atoms with E-state index >= 15 is 0 Å². The van der Waals surface area contributed by atoms with Crippen molar-refractivity contribution in [2.45, 2.75) is 6.42 Å². The molecule has 0 saturated carbocycles. The van der Waals surface area contributed by atoms with E-state index < -0.39 is 0 Å². The molecular formula is C14H10ClFN2. The second-order valence-corrected chi connectivity index (χ2v) is 4.44. The zero-order valence-corrected chi connectivity index (χ0v) is 10.2. The molecule has 0 fully saturated rings. The molecule has 0 amide bonds. The monoisotopic (exact) mass is 260 g/mol. The molecule has 0 bridgehead atoms. The second kappa shape index (κ2) is 4.42. The van der Waals surface area contributed by atoms with E-state index in [2.05, 4.69) is 4.98 Å². The number of hydrogen-bond donors (Lipinski definition) is 0. The third-order valence-electron chi connectivity index (χ3n) is 2.88. The van der Waals surface area contributed by atoms with Crippen molar-refractivity contribution in [3.05, 3.63) is 71.0 Å². The Morgan fingerprint density at radius 2 is 1.94 bits per heavy atom. The van der Waals surface area contributed by atoms with E-state index in [1.807, 2.05) is 22.6 Å². The molecule has 0 atom stereocenters. The van der Waals surface area contributed by atoms with Crippen LogP contribution in [0.25, 0.3) is 5.52 Å². The van der Waals surface area contributed by atoms with Gasteiger partial charge in [-0.1, -0.05) is 35.9 Å². The number of pyridine rings is 1. The van der Waals surface area contributed by atoms with Crippen molar-refractivity contribution < 1.29 is 4.39 Å². The van der Waals surface area contributed by atoms with Gasteiger partial charge >= 0.3 is 0 Å². The molecule has 2 heterocycles. The van der Waals surface area contributed by atoms with Crippen molar-refractivity contribution >= 4 is 17.1 Å². The molecule has 90 valence electrons. The number of aromatic nitrogens is 2. The second-order valence-electron chi connectivity index (χ2n) is 4.05. The Balaban J connectivity index is 2.09. The molecule has 0 unspecified atom stereocenters. The van der Waals surface area contributed by atoms with Crippen LogP contribution in [-0.4, -0.2) is 9.38 Å². The number of nitrogens with zero attached hydrogens (tertiary/aromatic N) is 2. The molecule has 0 radical (unpaired) electrons. The predicted octanol–water partition coefficient (Wildman–Crippen LogP) is 3.72. The van der Waals surface area contributed by atoms with Crippen LogP contribution in [0, 0.1) is 5.82 Å². The largest absolute Gasteiger partial charge is 0.287 e. The number of imidazole rings is 1. The van der Waals surface area contributed by atoms with Gasteiger partial charge in [-0.2, -0.15) is 0 Å². The Kier molecular flexibility index (Phi) is 2.76. The molecule has 0 aliphatic carbocycles. The summed E-state index contributed by atoms with van der Waals surface area (Å²) in [5.74, 6) is 0.516. The normalized spacial score (nSPS) is 11.0. The summed E-state index contributed by atoms with van der Waals surface area (Å²) < 4.78 is 15.4. The standard InChI is InChI=1S/C14H10ClFN2/c15-13-7-3-5-11-9-17-14(18(11)13)8-10-4-1-2-6-12(10)16/h1-7,9H,8H2. The van der Waals surface area contributed by atoms with Crippen LogP contribution in [-0.2, 0) is 6.42 Å². The molecule has 0 saturated heterocycles. The van der Waals surface area contributed by atoms with Crippen molar-refractivity contribution in [2.24, 2.45) is 0 Å². The Bertz CT molecular complexity index is 706. The fourth-order valence-electron chi connectivity index (χ4n) is 2.01. The molecule has 2 aromatic heterocycles. The molecule has 3 rings (SSSR count). The lowest BCUT2D eigenvalue weighted by molar-refractivity contribution is 0.612. The summed E-state index contributed by atoms with van der Waals surface area (Å²) in [7, 11) is 0. The SMILES string of the molecule is Fc1ccccc1Cc1ncc2cccc(Cl)n12. The Hall–Kier alpha value is -1.87. The lowest BCUT2D eigenvalue weighted by Crippen LogP contribution is -1.99. The van der Waals surface area contributed by atoms with Crippen LogP contribution in [0.3, 0.4) is 0 Å². The molecule has 4 heteroatoms. The third-order valence-corrected chi connectivity index (χ3v) is 3.18. The fraction of sp³-hybridized carbons (Fsp3) is 0.0714. The molecule has 1 aromatic carbocycles. The zero-order chi connectivity index (χ0) is 12.5. The molecular weight excluding hydrogens is 251 g/mol. The van der Waals surface area contributed by atoms with Crippen LogP contribution >= 0.6 is 11.6 Å². The minimum absolute atomic E-state index is 0.221. The summed E-state index contributed by atoms with van der Waals surface area (Å²) in [6.07, 6.45) is 2.16. The van der Waals surface area contributed by atoms with Gasteiger partial charge in [0.15, 0.2) is 0 Å². The first-order chi connectivity index (χ1) is 8.75. The van der Waals surface area contributed by atoms with Gasteiger partial charge in [0.05, 0.1) is 11.7 Å². The Morgan fingerprint density at radius 1 is 1.11 bits per heavy atom. The number of fused-ring (bicyclic) bond motifs is 1. The van der Waals surface area contributed by atoms with Crippen molar-refractivity contribution in [1.29, 1.82) is 0 Å². The van der Waals surface area contributed by atoms with E-state index in [0.717, 1.165) is 11.3 Å². The van der Waals surface area contributed by atoms with Gasteiger partial charge in [-0.05, 0) is 23.8 Å². The molecule has 0 aliphatic heterocycles. The fourth-order valence-corrected chi connectivity index (χ4v) is 2.27. The molecule has 0 spiro atoms. The quantitative estimate of drug-likeness (QED) is 0.642. The van der Waals surface area contributed by atoms with Gasteiger partial charge in [0.25, 0.3) is 0 Å². The molecule has 0 aliphatic rings. The first-order valence-corrected chi connectivity index (χ1v) is 5.98. The van der Waals surface area contributed by atoms with Crippen LogP contribution in [0.5, 0.6) is 0 Å². The lowest BCUT2D eigenvalue weighted by atomic mass is 10.1. The van der Waals surface area contributed by atoms with Crippen molar-refractivity contribution in [1.82, 2.24) is 9.38 Å². The molecule has 2 nitrogen and oxygen atoms in total. The van der Waals surface area contributed by atoms with Crippen LogP contribution in [0.15, 0.2) is 48.7 Å². The summed E-state index contributed by atoms with van der Waals surface area (Å²) in [6.45, 7) is 0. The Morgan fingerprint density at radius 3 is 2.78 bits per heavy atom. The number of rotatable bonds is 2. The highest BCUT2D eigenvalue weighted by Gasteiger charge is 2.09. The topological polar surface area (TPSA) is 17.3 Å². The van der Waals surface area contributed by atoms with E-state index in [4.69, 9.17) is 11.6 Å².